The Labute approximate surface area is 133 Å². The summed E-state index contributed by atoms with van der Waals surface area (Å²) >= 11 is 1.40. The fourth-order valence-electron chi connectivity index (χ4n) is 1.80. The first-order valence-electron chi connectivity index (χ1n) is 6.88. The van der Waals surface area contributed by atoms with Gasteiger partial charge in [-0.15, -0.1) is 5.10 Å². The van der Waals surface area contributed by atoms with Crippen molar-refractivity contribution in [2.75, 3.05) is 19.5 Å². The zero-order chi connectivity index (χ0) is 15.9. The average molecular weight is 322 g/mol. The standard InChI is InChI=1S/C14H18N4O3S/c1-4-21-12-8-6-5-7-11(12)18-14(15-16-17-18)22-9-10(2)13(19)20-3/h5-8,10H,4,9H2,1-3H3/t10-/m1/s1. The number of carbonyl (C=O) groups is 1. The van der Waals surface area contributed by atoms with Gasteiger partial charge in [-0.3, -0.25) is 4.79 Å². The molecule has 8 heteroatoms. The molecule has 1 aromatic carbocycles. The number of rotatable bonds is 7. The summed E-state index contributed by atoms with van der Waals surface area (Å²) in [7, 11) is 1.38. The van der Waals surface area contributed by atoms with Gasteiger partial charge in [-0.05, 0) is 29.5 Å². The van der Waals surface area contributed by atoms with Crippen LogP contribution >= 0.6 is 11.8 Å². The molecule has 0 bridgehead atoms. The first kappa shape index (κ1) is 16.3. The maximum Gasteiger partial charge on any atom is 0.309 e. The fourth-order valence-corrected chi connectivity index (χ4v) is 2.69. The second-order valence-electron chi connectivity index (χ2n) is 4.51. The lowest BCUT2D eigenvalue weighted by atomic mass is 10.2. The third kappa shape index (κ3) is 3.76. The summed E-state index contributed by atoms with van der Waals surface area (Å²) in [5.41, 5.74) is 0.766. The molecular weight excluding hydrogens is 304 g/mol. The van der Waals surface area contributed by atoms with Crippen molar-refractivity contribution < 1.29 is 14.3 Å². The van der Waals surface area contributed by atoms with Crippen molar-refractivity contribution in [1.29, 1.82) is 0 Å². The number of ether oxygens (including phenoxy) is 2. The van der Waals surface area contributed by atoms with Crippen LogP contribution in [0.25, 0.3) is 5.69 Å². The molecule has 7 nitrogen and oxygen atoms in total. The minimum absolute atomic E-state index is 0.234. The number of thioether (sulfide) groups is 1. The van der Waals surface area contributed by atoms with Crippen LogP contribution in [0.5, 0.6) is 5.75 Å². The fraction of sp³-hybridized carbons (Fsp3) is 0.429. The summed E-state index contributed by atoms with van der Waals surface area (Å²) in [6.45, 7) is 4.28. The molecule has 0 fully saturated rings. The zero-order valence-electron chi connectivity index (χ0n) is 12.7. The Morgan fingerprint density at radius 2 is 2.18 bits per heavy atom. The van der Waals surface area contributed by atoms with Gasteiger partial charge < -0.3 is 9.47 Å². The molecule has 0 amide bonds. The normalized spacial score (nSPS) is 12.0. The highest BCUT2D eigenvalue weighted by atomic mass is 32.2. The number of hydrogen-bond donors (Lipinski definition) is 0. The van der Waals surface area contributed by atoms with Gasteiger partial charge in [0.05, 0.1) is 19.6 Å². The van der Waals surface area contributed by atoms with Crippen LogP contribution in [-0.2, 0) is 9.53 Å². The molecule has 118 valence electrons. The van der Waals surface area contributed by atoms with Crippen LogP contribution in [0, 0.1) is 5.92 Å². The summed E-state index contributed by atoms with van der Waals surface area (Å²) in [6, 6.07) is 7.54. The van der Waals surface area contributed by atoms with E-state index < -0.39 is 0 Å². The van der Waals surface area contributed by atoms with Crippen molar-refractivity contribution >= 4 is 17.7 Å². The molecule has 0 aliphatic carbocycles. The van der Waals surface area contributed by atoms with Crippen LogP contribution in [0.4, 0.5) is 0 Å². The molecule has 1 aromatic heterocycles. The van der Waals surface area contributed by atoms with Gasteiger partial charge in [-0.25, -0.2) is 0 Å². The Morgan fingerprint density at radius 3 is 2.91 bits per heavy atom. The van der Waals surface area contributed by atoms with E-state index in [9.17, 15) is 4.79 Å². The van der Waals surface area contributed by atoms with Gasteiger partial charge in [0.2, 0.25) is 5.16 Å². The van der Waals surface area contributed by atoms with Crippen LogP contribution in [0.1, 0.15) is 13.8 Å². The summed E-state index contributed by atoms with van der Waals surface area (Å²) < 4.78 is 11.9. The molecule has 0 unspecified atom stereocenters. The molecule has 0 spiro atoms. The van der Waals surface area contributed by atoms with E-state index in [0.29, 0.717) is 23.3 Å². The maximum atomic E-state index is 11.5. The summed E-state index contributed by atoms with van der Waals surface area (Å²) in [5.74, 6) is 0.757. The Bertz CT molecular complexity index is 632. The first-order valence-corrected chi connectivity index (χ1v) is 7.87. The molecule has 22 heavy (non-hydrogen) atoms. The van der Waals surface area contributed by atoms with Crippen molar-refractivity contribution in [3.05, 3.63) is 24.3 Å². The van der Waals surface area contributed by atoms with Gasteiger partial charge in [-0.2, -0.15) is 4.68 Å². The molecule has 2 rings (SSSR count). The van der Waals surface area contributed by atoms with Gasteiger partial charge in [0.25, 0.3) is 0 Å². The van der Waals surface area contributed by atoms with Crippen LogP contribution in [0.2, 0.25) is 0 Å². The van der Waals surface area contributed by atoms with Crippen molar-refractivity contribution in [3.63, 3.8) is 0 Å². The summed E-state index contributed by atoms with van der Waals surface area (Å²) in [5, 5.41) is 12.3. The molecule has 0 radical (unpaired) electrons. The number of para-hydroxylation sites is 2. The summed E-state index contributed by atoms with van der Waals surface area (Å²) in [4.78, 5) is 11.5. The number of methoxy groups -OCH3 is 1. The molecule has 0 N–H and O–H groups in total. The smallest absolute Gasteiger partial charge is 0.309 e. The Kier molecular flexibility index (Phi) is 5.76. The highest BCUT2D eigenvalue weighted by Crippen LogP contribution is 2.26. The Morgan fingerprint density at radius 1 is 1.41 bits per heavy atom. The van der Waals surface area contributed by atoms with E-state index in [4.69, 9.17) is 9.47 Å². The van der Waals surface area contributed by atoms with E-state index >= 15 is 0 Å². The monoisotopic (exact) mass is 322 g/mol. The number of benzene rings is 1. The zero-order valence-corrected chi connectivity index (χ0v) is 13.5. The minimum Gasteiger partial charge on any atom is -0.492 e. The van der Waals surface area contributed by atoms with Crippen molar-refractivity contribution in [2.24, 2.45) is 5.92 Å². The third-order valence-corrected chi connectivity index (χ3v) is 4.08. The molecular formula is C14H18N4O3S. The van der Waals surface area contributed by atoms with E-state index in [1.807, 2.05) is 31.2 Å². The van der Waals surface area contributed by atoms with Crippen LogP contribution in [-0.4, -0.2) is 45.6 Å². The third-order valence-electron chi connectivity index (χ3n) is 2.90. The molecule has 2 aromatic rings. The average Bonchev–Trinajstić information content (AvgIpc) is 3.01. The van der Waals surface area contributed by atoms with Gasteiger partial charge in [0.1, 0.15) is 11.4 Å². The number of hydrogen-bond acceptors (Lipinski definition) is 7. The van der Waals surface area contributed by atoms with Gasteiger partial charge >= 0.3 is 5.97 Å². The number of nitrogens with zero attached hydrogens (tertiary/aromatic N) is 4. The SMILES string of the molecule is CCOc1ccccc1-n1nnnc1SC[C@@H](C)C(=O)OC. The second-order valence-corrected chi connectivity index (χ2v) is 5.50. The highest BCUT2D eigenvalue weighted by Gasteiger charge is 2.18. The van der Waals surface area contributed by atoms with E-state index in [2.05, 4.69) is 15.5 Å². The van der Waals surface area contributed by atoms with E-state index in [1.165, 1.54) is 18.9 Å². The Balaban J connectivity index is 2.18. The van der Waals surface area contributed by atoms with E-state index in [1.54, 1.807) is 11.6 Å². The van der Waals surface area contributed by atoms with Gasteiger partial charge in [0, 0.05) is 5.75 Å². The lowest BCUT2D eigenvalue weighted by molar-refractivity contribution is -0.143. The topological polar surface area (TPSA) is 79.1 Å². The lowest BCUT2D eigenvalue weighted by Crippen LogP contribution is -2.15. The highest BCUT2D eigenvalue weighted by molar-refractivity contribution is 7.99. The number of tetrazole rings is 1. The van der Waals surface area contributed by atoms with Crippen molar-refractivity contribution in [2.45, 2.75) is 19.0 Å². The maximum absolute atomic E-state index is 11.5. The second kappa shape index (κ2) is 7.79. The van der Waals surface area contributed by atoms with Gasteiger partial charge in [-0.1, -0.05) is 30.8 Å². The van der Waals surface area contributed by atoms with Crippen LogP contribution < -0.4 is 4.74 Å². The van der Waals surface area contributed by atoms with Crippen LogP contribution in [0.15, 0.2) is 29.4 Å². The van der Waals surface area contributed by atoms with Crippen molar-refractivity contribution in [3.8, 4) is 11.4 Å². The number of carbonyl (C=O) groups excluding carboxylic acids is 1. The van der Waals surface area contributed by atoms with E-state index in [-0.39, 0.29) is 11.9 Å². The van der Waals surface area contributed by atoms with Crippen molar-refractivity contribution in [1.82, 2.24) is 20.2 Å². The lowest BCUT2D eigenvalue weighted by Gasteiger charge is -2.11. The molecule has 0 saturated heterocycles. The largest absolute Gasteiger partial charge is 0.492 e. The van der Waals surface area contributed by atoms with Crippen LogP contribution in [0.3, 0.4) is 0 Å². The number of esters is 1. The number of aromatic nitrogens is 4. The molecule has 0 saturated carbocycles. The predicted octanol–water partition coefficient (Wildman–Crippen LogP) is 1.96. The Hall–Kier alpha value is -2.09. The first-order chi connectivity index (χ1) is 10.7. The molecule has 0 aliphatic heterocycles. The molecule has 0 aliphatic rings. The minimum atomic E-state index is -0.249. The quantitative estimate of drug-likeness (QED) is 0.569. The summed E-state index contributed by atoms with van der Waals surface area (Å²) in [6.07, 6.45) is 0. The van der Waals surface area contributed by atoms with E-state index in [0.717, 1.165) is 5.69 Å². The molecule has 1 heterocycles. The molecule has 1 atom stereocenters. The predicted molar refractivity (Wildman–Crippen MR) is 82.2 cm³/mol. The van der Waals surface area contributed by atoms with Gasteiger partial charge in [0.15, 0.2) is 0 Å².